The smallest absolute Gasteiger partial charge is 0.241 e. The lowest BCUT2D eigenvalue weighted by Gasteiger charge is -2.06. The summed E-state index contributed by atoms with van der Waals surface area (Å²) in [4.78, 5) is 12.2. The van der Waals surface area contributed by atoms with Gasteiger partial charge in [-0.3, -0.25) is 4.79 Å². The van der Waals surface area contributed by atoms with Gasteiger partial charge in [0, 0.05) is 39.8 Å². The quantitative estimate of drug-likeness (QED) is 0.387. The van der Waals surface area contributed by atoms with Crippen molar-refractivity contribution in [3.63, 3.8) is 0 Å². The third-order valence-electron chi connectivity index (χ3n) is 4.52. The number of carbonyl (C=O) groups excluding carboxylic acids is 1. The van der Waals surface area contributed by atoms with Gasteiger partial charge >= 0.3 is 0 Å². The van der Waals surface area contributed by atoms with Crippen molar-refractivity contribution in [2.45, 2.75) is 13.0 Å². The molecular formula is C22H18ClN3O. The van der Waals surface area contributed by atoms with Gasteiger partial charge in [0.05, 0.1) is 6.21 Å². The number of halogens is 1. The molecule has 0 atom stereocenters. The van der Waals surface area contributed by atoms with Crippen molar-refractivity contribution >= 4 is 45.5 Å². The Kier molecular flexibility index (Phi) is 4.90. The summed E-state index contributed by atoms with van der Waals surface area (Å²) in [5.41, 5.74) is 5.74. The highest BCUT2D eigenvalue weighted by Gasteiger charge is 2.10. The minimum absolute atomic E-state index is 0.123. The number of carbonyl (C=O) groups is 1. The first-order valence-corrected chi connectivity index (χ1v) is 9.13. The van der Waals surface area contributed by atoms with Crippen LogP contribution >= 0.6 is 11.6 Å². The Morgan fingerprint density at radius 3 is 2.15 bits per heavy atom. The molecule has 4 aromatic rings. The van der Waals surface area contributed by atoms with Crippen molar-refractivity contribution in [2.24, 2.45) is 5.10 Å². The van der Waals surface area contributed by atoms with Crippen LogP contribution in [0, 0.1) is 0 Å². The van der Waals surface area contributed by atoms with Gasteiger partial charge in [0.25, 0.3) is 0 Å². The molecule has 0 bridgehead atoms. The second-order valence-corrected chi connectivity index (χ2v) is 6.72. The Bertz CT molecular complexity index is 1080. The summed E-state index contributed by atoms with van der Waals surface area (Å²) in [6.07, 6.45) is 1.95. The molecule has 0 saturated carbocycles. The maximum Gasteiger partial charge on any atom is 0.241 e. The number of benzene rings is 3. The van der Waals surface area contributed by atoms with Crippen LogP contribution in [0.3, 0.4) is 0 Å². The second kappa shape index (κ2) is 7.64. The lowest BCUT2D eigenvalue weighted by Crippen LogP contribution is -2.19. The fourth-order valence-corrected chi connectivity index (χ4v) is 3.37. The molecule has 0 fully saturated rings. The van der Waals surface area contributed by atoms with E-state index in [4.69, 9.17) is 11.6 Å². The van der Waals surface area contributed by atoms with Gasteiger partial charge in [0.15, 0.2) is 0 Å². The summed E-state index contributed by atoms with van der Waals surface area (Å²) in [7, 11) is 0. The maximum atomic E-state index is 12.2. The number of hydrogen-bond acceptors (Lipinski definition) is 2. The lowest BCUT2D eigenvalue weighted by molar-refractivity contribution is -0.121. The minimum Gasteiger partial charge on any atom is -0.340 e. The number of nitrogens with zero attached hydrogens (tertiary/aromatic N) is 2. The Hall–Kier alpha value is -3.11. The second-order valence-electron chi connectivity index (χ2n) is 6.28. The monoisotopic (exact) mass is 375 g/mol. The predicted molar refractivity (Wildman–Crippen MR) is 111 cm³/mol. The van der Waals surface area contributed by atoms with Gasteiger partial charge in [-0.05, 0) is 29.8 Å². The molecule has 0 aliphatic rings. The zero-order valence-electron chi connectivity index (χ0n) is 14.6. The molecule has 0 saturated heterocycles. The fourth-order valence-electron chi connectivity index (χ4n) is 3.24. The van der Waals surface area contributed by atoms with E-state index >= 15 is 0 Å². The number of aryl methyl sites for hydroxylation is 1. The largest absolute Gasteiger partial charge is 0.340 e. The SMILES string of the molecule is O=C(CCn1c2ccccc2c2ccccc21)NN=Cc1ccc(Cl)cc1. The molecule has 1 aromatic heterocycles. The third kappa shape index (κ3) is 3.71. The van der Waals surface area contributed by atoms with Gasteiger partial charge in [-0.15, -0.1) is 0 Å². The average molecular weight is 376 g/mol. The van der Waals surface area contributed by atoms with Gasteiger partial charge in [-0.2, -0.15) is 5.10 Å². The van der Waals surface area contributed by atoms with E-state index in [0.29, 0.717) is 18.0 Å². The fraction of sp³-hybridized carbons (Fsp3) is 0.0909. The van der Waals surface area contributed by atoms with Crippen LogP contribution in [-0.2, 0) is 11.3 Å². The molecule has 1 amide bonds. The van der Waals surface area contributed by atoms with Crippen molar-refractivity contribution in [1.29, 1.82) is 0 Å². The molecule has 0 aliphatic heterocycles. The number of hydrazone groups is 1. The number of amides is 1. The summed E-state index contributed by atoms with van der Waals surface area (Å²) >= 11 is 5.85. The van der Waals surface area contributed by atoms with Gasteiger partial charge in [0.1, 0.15) is 0 Å². The summed E-state index contributed by atoms with van der Waals surface area (Å²) in [5.74, 6) is -0.123. The molecular weight excluding hydrogens is 358 g/mol. The van der Waals surface area contributed by atoms with E-state index in [0.717, 1.165) is 16.6 Å². The molecule has 5 heteroatoms. The zero-order chi connectivity index (χ0) is 18.6. The third-order valence-corrected chi connectivity index (χ3v) is 4.77. The first-order chi connectivity index (χ1) is 13.2. The van der Waals surface area contributed by atoms with Gasteiger partial charge in [0.2, 0.25) is 5.91 Å². The average Bonchev–Trinajstić information content (AvgIpc) is 3.02. The van der Waals surface area contributed by atoms with Crippen LogP contribution in [0.2, 0.25) is 5.02 Å². The van der Waals surface area contributed by atoms with Crippen LogP contribution in [0.1, 0.15) is 12.0 Å². The Labute approximate surface area is 162 Å². The minimum atomic E-state index is -0.123. The maximum absolute atomic E-state index is 12.2. The van der Waals surface area contributed by atoms with Crippen molar-refractivity contribution in [3.8, 4) is 0 Å². The van der Waals surface area contributed by atoms with Crippen molar-refractivity contribution in [3.05, 3.63) is 83.4 Å². The molecule has 0 aliphatic carbocycles. The summed E-state index contributed by atoms with van der Waals surface area (Å²) < 4.78 is 2.19. The molecule has 1 heterocycles. The molecule has 1 N–H and O–H groups in total. The van der Waals surface area contributed by atoms with Crippen LogP contribution in [0.4, 0.5) is 0 Å². The van der Waals surface area contributed by atoms with Crippen molar-refractivity contribution in [2.75, 3.05) is 0 Å². The normalized spacial score (nSPS) is 11.4. The van der Waals surface area contributed by atoms with Gasteiger partial charge in [-0.1, -0.05) is 60.1 Å². The first-order valence-electron chi connectivity index (χ1n) is 8.76. The number of fused-ring (bicyclic) bond motifs is 3. The van der Waals surface area contributed by atoms with Crippen molar-refractivity contribution < 1.29 is 4.79 Å². The van der Waals surface area contributed by atoms with Crippen LogP contribution < -0.4 is 5.43 Å². The lowest BCUT2D eigenvalue weighted by atomic mass is 10.2. The standard InChI is InChI=1S/C22H18ClN3O/c23-17-11-9-16(10-12-17)15-24-25-22(27)13-14-26-20-7-3-1-5-18(20)19-6-2-4-8-21(19)26/h1-12,15H,13-14H2,(H,25,27). The molecule has 3 aromatic carbocycles. The molecule has 0 spiro atoms. The summed E-state index contributed by atoms with van der Waals surface area (Å²) in [5, 5.41) is 7.09. The summed E-state index contributed by atoms with van der Waals surface area (Å²) in [6.45, 7) is 0.594. The number of rotatable bonds is 5. The van der Waals surface area contributed by atoms with Crippen LogP contribution in [0.25, 0.3) is 21.8 Å². The number of hydrogen-bond donors (Lipinski definition) is 1. The molecule has 0 radical (unpaired) electrons. The topological polar surface area (TPSA) is 46.4 Å². The molecule has 4 nitrogen and oxygen atoms in total. The van der Waals surface area contributed by atoms with Crippen LogP contribution in [-0.4, -0.2) is 16.7 Å². The Morgan fingerprint density at radius 1 is 0.926 bits per heavy atom. The first kappa shape index (κ1) is 17.3. The van der Waals surface area contributed by atoms with E-state index in [9.17, 15) is 4.79 Å². The van der Waals surface area contributed by atoms with E-state index < -0.39 is 0 Å². The van der Waals surface area contributed by atoms with Gasteiger partial charge < -0.3 is 4.57 Å². The number of aromatic nitrogens is 1. The number of nitrogens with one attached hydrogen (secondary N) is 1. The Morgan fingerprint density at radius 2 is 1.52 bits per heavy atom. The van der Waals surface area contributed by atoms with Gasteiger partial charge in [-0.25, -0.2) is 5.43 Å². The molecule has 4 rings (SSSR count). The molecule has 134 valence electrons. The summed E-state index contributed by atoms with van der Waals surface area (Å²) in [6, 6.07) is 23.8. The highest BCUT2D eigenvalue weighted by molar-refractivity contribution is 6.30. The van der Waals surface area contributed by atoms with Crippen LogP contribution in [0.5, 0.6) is 0 Å². The molecule has 0 unspecified atom stereocenters. The highest BCUT2D eigenvalue weighted by atomic mass is 35.5. The zero-order valence-corrected chi connectivity index (χ0v) is 15.4. The highest BCUT2D eigenvalue weighted by Crippen LogP contribution is 2.28. The van der Waals surface area contributed by atoms with E-state index in [1.54, 1.807) is 18.3 Å². The van der Waals surface area contributed by atoms with E-state index in [-0.39, 0.29) is 5.91 Å². The van der Waals surface area contributed by atoms with Crippen molar-refractivity contribution in [1.82, 2.24) is 9.99 Å². The van der Waals surface area contributed by atoms with E-state index in [1.807, 2.05) is 36.4 Å². The number of para-hydroxylation sites is 2. The predicted octanol–water partition coefficient (Wildman–Crippen LogP) is 4.99. The van der Waals surface area contributed by atoms with E-state index in [2.05, 4.69) is 39.4 Å². The van der Waals surface area contributed by atoms with E-state index in [1.165, 1.54) is 10.8 Å². The molecule has 27 heavy (non-hydrogen) atoms. The Balaban J connectivity index is 1.46. The van der Waals surface area contributed by atoms with Crippen LogP contribution in [0.15, 0.2) is 77.9 Å².